The minimum absolute atomic E-state index is 0.0789. The van der Waals surface area contributed by atoms with E-state index >= 15 is 0 Å². The number of anilines is 2. The molecule has 4 atom stereocenters. The number of aromatic nitrogens is 1. The van der Waals surface area contributed by atoms with Gasteiger partial charge in [-0.25, -0.2) is 4.98 Å². The average molecular weight is 495 g/mol. The summed E-state index contributed by atoms with van der Waals surface area (Å²) in [6, 6.07) is 6.73. The molecule has 1 amide bonds. The third-order valence-electron chi connectivity index (χ3n) is 9.33. The minimum Gasteiger partial charge on any atom is -0.389 e. The fourth-order valence-electron chi connectivity index (χ4n) is 6.67. The maximum atomic E-state index is 13.0. The lowest BCUT2D eigenvalue weighted by Gasteiger charge is -2.48. The number of hydrogen-bond donors (Lipinski definition) is 2. The average Bonchev–Trinajstić information content (AvgIpc) is 3.44. The summed E-state index contributed by atoms with van der Waals surface area (Å²) in [7, 11) is 0. The van der Waals surface area contributed by atoms with Crippen LogP contribution < -0.4 is 10.2 Å². The van der Waals surface area contributed by atoms with E-state index in [9.17, 15) is 9.90 Å². The van der Waals surface area contributed by atoms with Crippen LogP contribution in [0.5, 0.6) is 0 Å². The molecule has 8 nitrogen and oxygen atoms in total. The Balaban J connectivity index is 1.18. The van der Waals surface area contributed by atoms with Crippen molar-refractivity contribution in [2.45, 2.75) is 57.7 Å². The second-order valence-corrected chi connectivity index (χ2v) is 11.7. The van der Waals surface area contributed by atoms with Crippen molar-refractivity contribution >= 4 is 28.2 Å². The molecule has 0 unspecified atom stereocenters. The highest BCUT2D eigenvalue weighted by atomic mass is 16.5. The first-order chi connectivity index (χ1) is 17.3. The number of aryl methyl sites for hydroxylation is 1. The largest absolute Gasteiger partial charge is 0.389 e. The first-order valence-corrected chi connectivity index (χ1v) is 13.4. The smallest absolute Gasteiger partial charge is 0.229 e. The van der Waals surface area contributed by atoms with Crippen LogP contribution in [0.3, 0.4) is 0 Å². The number of carbonyl (C=O) groups is 1. The summed E-state index contributed by atoms with van der Waals surface area (Å²) in [6.45, 7) is 11.7. The topological polar surface area (TPSA) is 87.2 Å². The summed E-state index contributed by atoms with van der Waals surface area (Å²) < 4.78 is 11.1. The highest BCUT2D eigenvalue weighted by Crippen LogP contribution is 2.59. The molecule has 1 aliphatic carbocycles. The molecule has 0 radical (unpaired) electrons. The van der Waals surface area contributed by atoms with Crippen molar-refractivity contribution in [1.29, 1.82) is 0 Å². The summed E-state index contributed by atoms with van der Waals surface area (Å²) in [6.07, 6.45) is 4.34. The number of rotatable bonds is 4. The predicted octanol–water partition coefficient (Wildman–Crippen LogP) is 2.96. The zero-order chi connectivity index (χ0) is 25.1. The van der Waals surface area contributed by atoms with E-state index in [2.05, 4.69) is 53.0 Å². The van der Waals surface area contributed by atoms with Gasteiger partial charge in [0.25, 0.3) is 0 Å². The summed E-state index contributed by atoms with van der Waals surface area (Å²) >= 11 is 0. The molecule has 3 saturated heterocycles. The molecule has 1 aromatic carbocycles. The van der Waals surface area contributed by atoms with Gasteiger partial charge in [-0.2, -0.15) is 0 Å². The predicted molar refractivity (Wildman–Crippen MR) is 139 cm³/mol. The molecule has 4 aliphatic rings. The molecule has 1 saturated carbocycles. The lowest BCUT2D eigenvalue weighted by atomic mass is 9.93. The molecule has 6 rings (SSSR count). The van der Waals surface area contributed by atoms with Gasteiger partial charge in [-0.05, 0) is 74.6 Å². The zero-order valence-corrected chi connectivity index (χ0v) is 21.6. The van der Waals surface area contributed by atoms with Crippen molar-refractivity contribution < 1.29 is 19.4 Å². The van der Waals surface area contributed by atoms with Gasteiger partial charge in [0, 0.05) is 62.1 Å². The Morgan fingerprint density at radius 1 is 1.17 bits per heavy atom. The van der Waals surface area contributed by atoms with E-state index in [-0.39, 0.29) is 22.8 Å². The normalized spacial score (nSPS) is 32.2. The SMILES string of the molecule is Cc1cc2cnc(NC(=O)[C@@H]3CC34CCOCC4)cc2cc1N1CCN([C@]2(C)COC[C@@H]2O)C[C@@H]1C. The van der Waals surface area contributed by atoms with Crippen LogP contribution in [-0.4, -0.2) is 84.6 Å². The first-order valence-electron chi connectivity index (χ1n) is 13.4. The first kappa shape index (κ1) is 24.1. The second-order valence-electron chi connectivity index (χ2n) is 11.7. The summed E-state index contributed by atoms with van der Waals surface area (Å²) in [5.41, 5.74) is 2.27. The molecule has 36 heavy (non-hydrogen) atoms. The monoisotopic (exact) mass is 494 g/mol. The van der Waals surface area contributed by atoms with E-state index < -0.39 is 6.10 Å². The van der Waals surface area contributed by atoms with Gasteiger partial charge >= 0.3 is 0 Å². The van der Waals surface area contributed by atoms with E-state index in [1.54, 1.807) is 0 Å². The van der Waals surface area contributed by atoms with Crippen molar-refractivity contribution in [2.24, 2.45) is 11.3 Å². The van der Waals surface area contributed by atoms with E-state index in [0.717, 1.165) is 62.9 Å². The molecular weight excluding hydrogens is 456 g/mol. The molecule has 2 aromatic rings. The van der Waals surface area contributed by atoms with Gasteiger partial charge < -0.3 is 24.8 Å². The second kappa shape index (κ2) is 8.94. The van der Waals surface area contributed by atoms with Gasteiger partial charge in [-0.15, -0.1) is 0 Å². The summed E-state index contributed by atoms with van der Waals surface area (Å²) in [5, 5.41) is 15.8. The molecule has 4 fully saturated rings. The van der Waals surface area contributed by atoms with E-state index in [0.29, 0.717) is 25.1 Å². The van der Waals surface area contributed by atoms with Crippen LogP contribution in [0.25, 0.3) is 10.8 Å². The van der Waals surface area contributed by atoms with Crippen molar-refractivity contribution in [3.63, 3.8) is 0 Å². The zero-order valence-electron chi connectivity index (χ0n) is 21.6. The Kier molecular flexibility index (Phi) is 5.98. The number of carbonyl (C=O) groups excluding carboxylic acids is 1. The van der Waals surface area contributed by atoms with Crippen LogP contribution in [0.15, 0.2) is 24.4 Å². The summed E-state index contributed by atoms with van der Waals surface area (Å²) in [4.78, 5) is 22.4. The molecule has 4 heterocycles. The van der Waals surface area contributed by atoms with Crippen molar-refractivity contribution in [2.75, 3.05) is 56.3 Å². The van der Waals surface area contributed by atoms with E-state index in [1.165, 1.54) is 11.3 Å². The lowest BCUT2D eigenvalue weighted by molar-refractivity contribution is -0.118. The third-order valence-corrected chi connectivity index (χ3v) is 9.33. The van der Waals surface area contributed by atoms with Crippen LogP contribution in [0, 0.1) is 18.3 Å². The van der Waals surface area contributed by atoms with Crippen molar-refractivity contribution in [1.82, 2.24) is 9.88 Å². The van der Waals surface area contributed by atoms with Crippen LogP contribution in [0.4, 0.5) is 11.5 Å². The Bertz CT molecular complexity index is 1170. The number of aliphatic hydroxyl groups excluding tert-OH is 1. The fraction of sp³-hybridized carbons (Fsp3) is 0.643. The quantitative estimate of drug-likeness (QED) is 0.676. The third kappa shape index (κ3) is 4.08. The number of nitrogens with zero attached hydrogens (tertiary/aromatic N) is 3. The number of nitrogens with one attached hydrogen (secondary N) is 1. The van der Waals surface area contributed by atoms with Gasteiger partial charge in [-0.3, -0.25) is 9.69 Å². The van der Waals surface area contributed by atoms with Crippen LogP contribution in [0.1, 0.15) is 38.7 Å². The molecule has 8 heteroatoms. The van der Waals surface area contributed by atoms with Crippen molar-refractivity contribution in [3.8, 4) is 0 Å². The van der Waals surface area contributed by atoms with Gasteiger partial charge in [0.2, 0.25) is 5.91 Å². The van der Waals surface area contributed by atoms with Gasteiger partial charge in [0.1, 0.15) is 5.82 Å². The molecule has 0 bridgehead atoms. The Morgan fingerprint density at radius 2 is 1.97 bits per heavy atom. The lowest BCUT2D eigenvalue weighted by Crippen LogP contribution is -2.63. The highest BCUT2D eigenvalue weighted by molar-refractivity contribution is 5.97. The minimum atomic E-state index is -0.447. The van der Waals surface area contributed by atoms with Gasteiger partial charge in [-0.1, -0.05) is 0 Å². The number of ether oxygens (including phenoxy) is 2. The standard InChI is InChI=1S/C28H38N4O4/c1-18-10-21-14-29-25(30-26(34)22-13-28(22)4-8-35-9-5-28)12-20(21)11-23(18)32-7-6-31(15-19(32)2)27(3)17-36-16-24(27)33/h10-12,14,19,22,24,33H,4-9,13,15-17H2,1-3H3,(H,29,30,34)/t19-,22-,24-,27+/m0/s1. The van der Waals surface area contributed by atoms with Gasteiger partial charge in [0.05, 0.1) is 24.9 Å². The number of amides is 1. The number of piperazine rings is 1. The maximum Gasteiger partial charge on any atom is 0.229 e. The molecule has 1 aromatic heterocycles. The Morgan fingerprint density at radius 3 is 2.69 bits per heavy atom. The number of hydrogen-bond acceptors (Lipinski definition) is 7. The van der Waals surface area contributed by atoms with Crippen LogP contribution >= 0.6 is 0 Å². The Labute approximate surface area is 212 Å². The molecule has 194 valence electrons. The number of pyridine rings is 1. The van der Waals surface area contributed by atoms with E-state index in [4.69, 9.17) is 9.47 Å². The number of fused-ring (bicyclic) bond motifs is 1. The summed E-state index contributed by atoms with van der Waals surface area (Å²) in [5.74, 6) is 0.792. The number of benzene rings is 1. The van der Waals surface area contributed by atoms with E-state index in [1.807, 2.05) is 12.3 Å². The van der Waals surface area contributed by atoms with Crippen LogP contribution in [-0.2, 0) is 14.3 Å². The van der Waals surface area contributed by atoms with Crippen LogP contribution in [0.2, 0.25) is 0 Å². The Hall–Kier alpha value is -2.26. The molecular formula is C28H38N4O4. The van der Waals surface area contributed by atoms with Crippen molar-refractivity contribution in [3.05, 3.63) is 30.0 Å². The molecule has 3 aliphatic heterocycles. The fourth-order valence-corrected chi connectivity index (χ4v) is 6.67. The van der Waals surface area contributed by atoms with Gasteiger partial charge in [0.15, 0.2) is 0 Å². The maximum absolute atomic E-state index is 13.0. The number of aliphatic hydroxyl groups is 1. The molecule has 2 N–H and O–H groups in total. The molecule has 1 spiro atoms. The highest BCUT2D eigenvalue weighted by Gasteiger charge is 2.58.